The third-order valence-electron chi connectivity index (χ3n) is 3.38. The van der Waals surface area contributed by atoms with Crippen molar-refractivity contribution in [2.24, 2.45) is 5.41 Å². The van der Waals surface area contributed by atoms with Crippen LogP contribution in [0, 0.1) is 5.41 Å². The summed E-state index contributed by atoms with van der Waals surface area (Å²) in [5.41, 5.74) is -0.365. The molecule has 104 valence electrons. The fraction of sp³-hybridized carbons (Fsp3) is 0.583. The molecule has 2 heterocycles. The maximum atomic E-state index is 12.2. The van der Waals surface area contributed by atoms with E-state index in [2.05, 4.69) is 15.6 Å². The van der Waals surface area contributed by atoms with Crippen LogP contribution in [-0.2, 0) is 4.79 Å². The fourth-order valence-corrected chi connectivity index (χ4v) is 2.83. The van der Waals surface area contributed by atoms with E-state index in [0.717, 1.165) is 13.0 Å². The summed E-state index contributed by atoms with van der Waals surface area (Å²) in [6, 6.07) is -0.275. The quantitative estimate of drug-likeness (QED) is 0.767. The Hall–Kier alpha value is -1.47. The van der Waals surface area contributed by atoms with Crippen molar-refractivity contribution in [1.82, 2.24) is 15.6 Å². The third kappa shape index (κ3) is 2.93. The van der Waals surface area contributed by atoms with E-state index in [9.17, 15) is 9.59 Å². The largest absolute Gasteiger partial charge is 0.476 e. The average molecular weight is 283 g/mol. The van der Waals surface area contributed by atoms with Crippen molar-refractivity contribution in [3.8, 4) is 0 Å². The smallest absolute Gasteiger partial charge is 0.355 e. The number of nitrogens with one attached hydrogen (secondary N) is 2. The number of aromatic nitrogens is 1. The van der Waals surface area contributed by atoms with Gasteiger partial charge in [-0.2, -0.15) is 0 Å². The van der Waals surface area contributed by atoms with Gasteiger partial charge in [0.05, 0.1) is 11.5 Å². The number of carbonyl (C=O) groups is 2. The maximum Gasteiger partial charge on any atom is 0.355 e. The van der Waals surface area contributed by atoms with Crippen molar-refractivity contribution in [1.29, 1.82) is 0 Å². The monoisotopic (exact) mass is 283 g/mol. The zero-order valence-electron chi connectivity index (χ0n) is 10.9. The van der Waals surface area contributed by atoms with Crippen molar-refractivity contribution < 1.29 is 14.7 Å². The van der Waals surface area contributed by atoms with Gasteiger partial charge in [0.1, 0.15) is 5.01 Å². The second-order valence-corrected chi connectivity index (χ2v) is 5.95. The Balaban J connectivity index is 2.01. The van der Waals surface area contributed by atoms with E-state index in [4.69, 9.17) is 5.11 Å². The zero-order chi connectivity index (χ0) is 14.0. The zero-order valence-corrected chi connectivity index (χ0v) is 11.7. The number of hydrogen-bond donors (Lipinski definition) is 3. The number of carboxylic acids is 1. The van der Waals surface area contributed by atoms with Crippen molar-refractivity contribution in [2.45, 2.75) is 26.3 Å². The molecule has 1 fully saturated rings. The molecule has 0 bridgehead atoms. The number of hydrogen-bond acceptors (Lipinski definition) is 5. The second-order valence-electron chi connectivity index (χ2n) is 5.06. The molecule has 0 radical (unpaired) electrons. The summed E-state index contributed by atoms with van der Waals surface area (Å²) >= 11 is 1.25. The predicted molar refractivity (Wildman–Crippen MR) is 71.2 cm³/mol. The molecule has 1 amide bonds. The molecule has 2 atom stereocenters. The molecule has 1 aromatic rings. The van der Waals surface area contributed by atoms with Crippen LogP contribution >= 0.6 is 11.3 Å². The van der Waals surface area contributed by atoms with E-state index < -0.39 is 5.97 Å². The molecule has 1 aliphatic heterocycles. The molecule has 2 rings (SSSR count). The fourth-order valence-electron chi connectivity index (χ4n) is 2.03. The Kier molecular flexibility index (Phi) is 3.86. The Morgan fingerprint density at radius 1 is 1.63 bits per heavy atom. The van der Waals surface area contributed by atoms with E-state index in [-0.39, 0.29) is 23.1 Å². The van der Waals surface area contributed by atoms with Gasteiger partial charge in [0, 0.05) is 11.9 Å². The topological polar surface area (TPSA) is 91.3 Å². The standard InChI is InChI=1S/C12H17N3O3S/c1-7(9-15-8(5-19-9)10(16)17)14-11(18)12(2)3-4-13-6-12/h5,7,13H,3-4,6H2,1-2H3,(H,14,18)(H,16,17). The van der Waals surface area contributed by atoms with Gasteiger partial charge in [-0.1, -0.05) is 0 Å². The molecule has 2 unspecified atom stereocenters. The number of carboxylic acid groups (broad SMARTS) is 1. The van der Waals surface area contributed by atoms with Crippen LogP contribution in [0.2, 0.25) is 0 Å². The second kappa shape index (κ2) is 5.26. The summed E-state index contributed by atoms with van der Waals surface area (Å²) in [6.07, 6.45) is 0.809. The molecular weight excluding hydrogens is 266 g/mol. The van der Waals surface area contributed by atoms with Gasteiger partial charge in [0.25, 0.3) is 0 Å². The van der Waals surface area contributed by atoms with E-state index in [1.54, 1.807) is 0 Å². The van der Waals surface area contributed by atoms with Gasteiger partial charge >= 0.3 is 5.97 Å². The Bertz CT molecular complexity index is 494. The number of amides is 1. The number of rotatable bonds is 4. The molecule has 1 aromatic heterocycles. The minimum Gasteiger partial charge on any atom is -0.476 e. The maximum absolute atomic E-state index is 12.2. The van der Waals surface area contributed by atoms with Gasteiger partial charge in [-0.3, -0.25) is 4.79 Å². The first-order chi connectivity index (χ1) is 8.92. The lowest BCUT2D eigenvalue weighted by Crippen LogP contribution is -2.41. The first-order valence-corrected chi connectivity index (χ1v) is 7.01. The lowest BCUT2D eigenvalue weighted by atomic mass is 9.88. The lowest BCUT2D eigenvalue weighted by Gasteiger charge is -2.23. The van der Waals surface area contributed by atoms with Gasteiger partial charge in [0.15, 0.2) is 5.69 Å². The van der Waals surface area contributed by atoms with Crippen molar-refractivity contribution in [3.63, 3.8) is 0 Å². The molecule has 1 aliphatic rings. The van der Waals surface area contributed by atoms with Crippen LogP contribution in [0.1, 0.15) is 41.8 Å². The summed E-state index contributed by atoms with van der Waals surface area (Å²) in [5, 5.41) is 17.0. The minimum absolute atomic E-state index is 0.0166. The van der Waals surface area contributed by atoms with E-state index in [1.807, 2.05) is 13.8 Å². The van der Waals surface area contributed by atoms with Gasteiger partial charge in [0.2, 0.25) is 5.91 Å². The Labute approximate surface area is 115 Å². The molecule has 0 aromatic carbocycles. The normalized spacial score (nSPS) is 24.1. The van der Waals surface area contributed by atoms with Crippen LogP contribution in [0.25, 0.3) is 0 Å². The summed E-state index contributed by atoms with van der Waals surface area (Å²) in [7, 11) is 0. The number of aromatic carboxylic acids is 1. The number of thiazole rings is 1. The van der Waals surface area contributed by atoms with Crippen LogP contribution in [0.15, 0.2) is 5.38 Å². The third-order valence-corrected chi connectivity index (χ3v) is 4.40. The summed E-state index contributed by atoms with van der Waals surface area (Å²) in [4.78, 5) is 27.0. The Morgan fingerprint density at radius 2 is 2.37 bits per heavy atom. The minimum atomic E-state index is -1.05. The van der Waals surface area contributed by atoms with Crippen LogP contribution in [0.5, 0.6) is 0 Å². The number of carbonyl (C=O) groups excluding carboxylic acids is 1. The molecular formula is C12H17N3O3S. The molecule has 0 saturated carbocycles. The summed E-state index contributed by atoms with van der Waals surface area (Å²) in [6.45, 7) is 5.26. The van der Waals surface area contributed by atoms with Crippen molar-refractivity contribution >= 4 is 23.2 Å². The SMILES string of the molecule is CC(NC(=O)C1(C)CCNC1)c1nc(C(=O)O)cs1. The molecule has 6 nitrogen and oxygen atoms in total. The first kappa shape index (κ1) is 14.0. The van der Waals surface area contributed by atoms with E-state index in [1.165, 1.54) is 16.7 Å². The molecule has 19 heavy (non-hydrogen) atoms. The van der Waals surface area contributed by atoms with Crippen LogP contribution < -0.4 is 10.6 Å². The lowest BCUT2D eigenvalue weighted by molar-refractivity contribution is -0.129. The number of nitrogens with zero attached hydrogens (tertiary/aromatic N) is 1. The van der Waals surface area contributed by atoms with Gasteiger partial charge in [-0.25, -0.2) is 9.78 Å². The van der Waals surface area contributed by atoms with Crippen LogP contribution in [-0.4, -0.2) is 35.1 Å². The highest BCUT2D eigenvalue weighted by Gasteiger charge is 2.37. The van der Waals surface area contributed by atoms with E-state index in [0.29, 0.717) is 11.6 Å². The highest BCUT2D eigenvalue weighted by molar-refractivity contribution is 7.09. The van der Waals surface area contributed by atoms with Crippen molar-refractivity contribution in [2.75, 3.05) is 13.1 Å². The van der Waals surface area contributed by atoms with Crippen LogP contribution in [0.4, 0.5) is 0 Å². The average Bonchev–Trinajstić information content (AvgIpc) is 2.97. The first-order valence-electron chi connectivity index (χ1n) is 6.13. The van der Waals surface area contributed by atoms with E-state index >= 15 is 0 Å². The van der Waals surface area contributed by atoms with Gasteiger partial charge in [-0.05, 0) is 26.8 Å². The molecule has 1 saturated heterocycles. The summed E-state index contributed by atoms with van der Waals surface area (Å²) < 4.78 is 0. The highest BCUT2D eigenvalue weighted by Crippen LogP contribution is 2.26. The molecule has 3 N–H and O–H groups in total. The molecule has 7 heteroatoms. The van der Waals surface area contributed by atoms with Gasteiger partial charge in [-0.15, -0.1) is 11.3 Å². The molecule has 0 aliphatic carbocycles. The predicted octanol–water partition coefficient (Wildman–Crippen LogP) is 1.02. The van der Waals surface area contributed by atoms with Gasteiger partial charge < -0.3 is 15.7 Å². The summed E-state index contributed by atoms with van der Waals surface area (Å²) in [5.74, 6) is -1.06. The van der Waals surface area contributed by atoms with Crippen molar-refractivity contribution in [3.05, 3.63) is 16.1 Å². The highest BCUT2D eigenvalue weighted by atomic mass is 32.1. The molecule has 0 spiro atoms. The van der Waals surface area contributed by atoms with Crippen LogP contribution in [0.3, 0.4) is 0 Å². The Morgan fingerprint density at radius 3 is 2.89 bits per heavy atom.